The largest absolute Gasteiger partial charge is 0.368 e. The summed E-state index contributed by atoms with van der Waals surface area (Å²) in [6.07, 6.45) is 3.46. The maximum Gasteiger partial charge on any atom is 0.245 e. The Morgan fingerprint density at radius 1 is 0.978 bits per heavy atom. The van der Waals surface area contributed by atoms with Crippen LogP contribution in [-0.4, -0.2) is 86.1 Å². The van der Waals surface area contributed by atoms with Crippen molar-refractivity contribution in [3.8, 4) is 0 Å². The van der Waals surface area contributed by atoms with Gasteiger partial charge in [-0.1, -0.05) is 66.2 Å². The number of nitrogens with zero attached hydrogens (tertiary/aromatic N) is 3. The van der Waals surface area contributed by atoms with E-state index in [0.717, 1.165) is 38.3 Å². The number of fused-ring (bicyclic) bond motifs is 1. The minimum absolute atomic E-state index is 0.0352. The van der Waals surface area contributed by atoms with Gasteiger partial charge < -0.3 is 25.8 Å². The molecule has 3 aliphatic heterocycles. The molecular weight excluding hydrogens is 584 g/mol. The van der Waals surface area contributed by atoms with Crippen LogP contribution < -0.4 is 20.9 Å². The smallest absolute Gasteiger partial charge is 0.245 e. The van der Waals surface area contributed by atoms with Crippen LogP contribution >= 0.6 is 11.6 Å². The van der Waals surface area contributed by atoms with Crippen LogP contribution in [0.3, 0.4) is 0 Å². The van der Waals surface area contributed by atoms with Crippen LogP contribution in [0, 0.1) is 0 Å². The van der Waals surface area contributed by atoms with E-state index in [-0.39, 0.29) is 17.9 Å². The maximum absolute atomic E-state index is 14.1. The monoisotopic (exact) mass is 628 g/mol. The number of amides is 2. The number of carbonyl (C=O) groups excluding carboxylic acids is 2. The maximum atomic E-state index is 14.1. The molecule has 0 spiro atoms. The van der Waals surface area contributed by atoms with Crippen molar-refractivity contribution in [1.82, 2.24) is 25.8 Å². The number of piperazine rings is 1. The highest BCUT2D eigenvalue weighted by Gasteiger charge is 2.32. The number of likely N-dealkylation sites (N-methyl/N-ethyl adjacent to an activating group) is 1. The Labute approximate surface area is 272 Å². The average molecular weight is 629 g/mol. The Morgan fingerprint density at radius 3 is 2.47 bits per heavy atom. The van der Waals surface area contributed by atoms with Gasteiger partial charge in [0.15, 0.2) is 0 Å². The third kappa shape index (κ3) is 7.87. The Hall–Kier alpha value is -3.43. The lowest BCUT2D eigenvalue weighted by molar-refractivity contribution is -0.137. The van der Waals surface area contributed by atoms with Crippen molar-refractivity contribution < 1.29 is 9.59 Å². The first kappa shape index (κ1) is 31.5. The number of halogens is 1. The predicted molar refractivity (Wildman–Crippen MR) is 180 cm³/mol. The molecule has 3 aromatic rings. The van der Waals surface area contributed by atoms with Crippen molar-refractivity contribution in [2.75, 3.05) is 51.2 Å². The summed E-state index contributed by atoms with van der Waals surface area (Å²) in [6, 6.07) is 23.9. The molecule has 0 saturated carbocycles. The van der Waals surface area contributed by atoms with Crippen LogP contribution in [0.5, 0.6) is 0 Å². The van der Waals surface area contributed by atoms with Gasteiger partial charge >= 0.3 is 0 Å². The molecule has 9 heteroatoms. The minimum Gasteiger partial charge on any atom is -0.368 e. The molecule has 2 fully saturated rings. The summed E-state index contributed by atoms with van der Waals surface area (Å²) in [6.45, 7) is 6.41. The molecule has 2 amide bonds. The molecular formula is C36H45ClN6O2. The summed E-state index contributed by atoms with van der Waals surface area (Å²) in [5.74, 6) is -0.173. The fourth-order valence-corrected chi connectivity index (χ4v) is 7.04. The van der Waals surface area contributed by atoms with E-state index in [4.69, 9.17) is 11.6 Å². The van der Waals surface area contributed by atoms with Gasteiger partial charge in [-0.05, 0) is 73.3 Å². The van der Waals surface area contributed by atoms with Crippen LogP contribution in [-0.2, 0) is 35.5 Å². The lowest BCUT2D eigenvalue weighted by Gasteiger charge is -2.39. The van der Waals surface area contributed by atoms with Crippen LogP contribution in [0.4, 0.5) is 5.69 Å². The number of nitrogens with one attached hydrogen (secondary N) is 3. The van der Waals surface area contributed by atoms with Crippen LogP contribution in [0.25, 0.3) is 0 Å². The van der Waals surface area contributed by atoms with Crippen molar-refractivity contribution in [2.45, 2.75) is 56.9 Å². The van der Waals surface area contributed by atoms with Gasteiger partial charge in [0.25, 0.3) is 0 Å². The third-order valence-corrected chi connectivity index (χ3v) is 9.86. The number of piperidine rings is 1. The van der Waals surface area contributed by atoms with Crippen molar-refractivity contribution in [1.29, 1.82) is 0 Å². The molecule has 3 heterocycles. The second-order valence-electron chi connectivity index (χ2n) is 12.7. The summed E-state index contributed by atoms with van der Waals surface area (Å²) < 4.78 is 0. The number of hydrogen-bond donors (Lipinski definition) is 3. The Kier molecular flexibility index (Phi) is 10.4. The number of hydrogen-bond acceptors (Lipinski definition) is 6. The highest BCUT2D eigenvalue weighted by molar-refractivity contribution is 6.30. The molecule has 238 valence electrons. The number of benzene rings is 3. The molecule has 3 aromatic carbocycles. The Balaban J connectivity index is 1.11. The number of carbonyl (C=O) groups is 2. The van der Waals surface area contributed by atoms with Gasteiger partial charge in [-0.2, -0.15) is 0 Å². The minimum atomic E-state index is -0.658. The molecule has 6 rings (SSSR count). The van der Waals surface area contributed by atoms with Gasteiger partial charge in [-0.15, -0.1) is 0 Å². The van der Waals surface area contributed by atoms with Gasteiger partial charge in [-0.25, -0.2) is 0 Å². The average Bonchev–Trinajstić information content (AvgIpc) is 3.09. The van der Waals surface area contributed by atoms with E-state index >= 15 is 0 Å². The van der Waals surface area contributed by atoms with Crippen molar-refractivity contribution >= 4 is 29.1 Å². The van der Waals surface area contributed by atoms with Crippen LogP contribution in [0.15, 0.2) is 72.8 Å². The first-order valence-electron chi connectivity index (χ1n) is 16.3. The van der Waals surface area contributed by atoms with Crippen molar-refractivity contribution in [3.63, 3.8) is 0 Å². The molecule has 3 atom stereocenters. The first-order valence-corrected chi connectivity index (χ1v) is 16.7. The number of para-hydroxylation sites is 1. The van der Waals surface area contributed by atoms with Crippen LogP contribution in [0.1, 0.15) is 35.1 Å². The molecule has 8 nitrogen and oxygen atoms in total. The first-order chi connectivity index (χ1) is 21.9. The Bertz CT molecular complexity index is 1450. The normalized spacial score (nSPS) is 20.9. The molecule has 2 unspecified atom stereocenters. The molecule has 0 aliphatic carbocycles. The van der Waals surface area contributed by atoms with Gasteiger partial charge in [0.1, 0.15) is 6.04 Å². The molecule has 0 aromatic heterocycles. The van der Waals surface area contributed by atoms with E-state index in [1.807, 2.05) is 41.3 Å². The fraction of sp³-hybridized carbons (Fsp3) is 0.444. The molecule has 0 bridgehead atoms. The molecule has 0 radical (unpaired) electrons. The van der Waals surface area contributed by atoms with E-state index in [2.05, 4.69) is 69.2 Å². The van der Waals surface area contributed by atoms with E-state index in [1.165, 1.54) is 35.2 Å². The van der Waals surface area contributed by atoms with E-state index < -0.39 is 6.04 Å². The second kappa shape index (κ2) is 14.8. The zero-order valence-electron chi connectivity index (χ0n) is 26.2. The SMILES string of the molecule is CN(Cc1ccccc1N1CCN(C(=O)C(Cc2ccc(Cl)cc2)NC(=O)[C@H]2Cc3ccccc3CN2)CC1)C1CCCNC1. The zero-order chi connectivity index (χ0) is 31.2. The van der Waals surface area contributed by atoms with E-state index in [9.17, 15) is 9.59 Å². The predicted octanol–water partition coefficient (Wildman–Crippen LogP) is 3.61. The fourth-order valence-electron chi connectivity index (χ4n) is 6.92. The highest BCUT2D eigenvalue weighted by Crippen LogP contribution is 2.25. The lowest BCUT2D eigenvalue weighted by Crippen LogP contribution is -2.58. The summed E-state index contributed by atoms with van der Waals surface area (Å²) in [7, 11) is 2.22. The molecule has 2 saturated heterocycles. The third-order valence-electron chi connectivity index (χ3n) is 9.60. The standard InChI is InChI=1S/C36H45ClN6O2/c1-41(31-10-6-16-38-24-31)25-29-9-4-5-11-34(29)42-17-19-43(20-18-42)36(45)33(21-26-12-14-30(37)15-13-26)40-35(44)32-22-27-7-2-3-8-28(27)23-39-32/h2-5,7-9,11-15,31-33,38-39H,6,10,16-25H2,1H3,(H,40,44)/t31?,32-,33?/m1/s1. The number of rotatable bonds is 9. The summed E-state index contributed by atoms with van der Waals surface area (Å²) >= 11 is 6.14. The molecule has 3 N–H and O–H groups in total. The van der Waals surface area contributed by atoms with Gasteiger partial charge in [0.2, 0.25) is 11.8 Å². The van der Waals surface area contributed by atoms with Gasteiger partial charge in [-0.3, -0.25) is 14.5 Å². The Morgan fingerprint density at radius 2 is 1.71 bits per heavy atom. The zero-order valence-corrected chi connectivity index (χ0v) is 26.9. The van der Waals surface area contributed by atoms with Crippen LogP contribution in [0.2, 0.25) is 5.02 Å². The van der Waals surface area contributed by atoms with Gasteiger partial charge in [0.05, 0.1) is 6.04 Å². The highest BCUT2D eigenvalue weighted by atomic mass is 35.5. The van der Waals surface area contributed by atoms with Crippen molar-refractivity contribution in [3.05, 3.63) is 100 Å². The van der Waals surface area contributed by atoms with E-state index in [0.29, 0.717) is 43.5 Å². The molecule has 45 heavy (non-hydrogen) atoms. The summed E-state index contributed by atoms with van der Waals surface area (Å²) in [5, 5.41) is 10.7. The van der Waals surface area contributed by atoms with E-state index in [1.54, 1.807) is 0 Å². The van der Waals surface area contributed by atoms with Gasteiger partial charge in [0, 0.05) is 69.0 Å². The topological polar surface area (TPSA) is 80.0 Å². The summed E-state index contributed by atoms with van der Waals surface area (Å²) in [5.41, 5.74) is 5.92. The summed E-state index contributed by atoms with van der Waals surface area (Å²) in [4.78, 5) is 34.4. The van der Waals surface area contributed by atoms with Crippen molar-refractivity contribution in [2.24, 2.45) is 0 Å². The number of anilines is 1. The lowest BCUT2D eigenvalue weighted by atomic mass is 9.95. The molecule has 3 aliphatic rings. The quantitative estimate of drug-likeness (QED) is 0.336. The second-order valence-corrected chi connectivity index (χ2v) is 13.1.